The number of hydrogen-bond donors (Lipinski definition) is 4. The Labute approximate surface area is 169 Å². The smallest absolute Gasteiger partial charge is 0.226 e. The van der Waals surface area contributed by atoms with E-state index >= 15 is 0 Å². The lowest BCUT2D eigenvalue weighted by Gasteiger charge is -2.18. The normalized spacial score (nSPS) is 12.0. The highest BCUT2D eigenvalue weighted by atomic mass is 35.5. The molecule has 0 aliphatic carbocycles. The van der Waals surface area contributed by atoms with Crippen molar-refractivity contribution in [2.24, 2.45) is 0 Å². The van der Waals surface area contributed by atoms with Gasteiger partial charge in [-0.25, -0.2) is 4.98 Å². The predicted octanol–water partition coefficient (Wildman–Crippen LogP) is 3.44. The summed E-state index contributed by atoms with van der Waals surface area (Å²) in [6.45, 7) is 8.32. The highest BCUT2D eigenvalue weighted by Gasteiger charge is 2.17. The average molecular weight is 404 g/mol. The minimum atomic E-state index is -0.889. The number of halogens is 1. The summed E-state index contributed by atoms with van der Waals surface area (Å²) in [5, 5.41) is 17.0. The van der Waals surface area contributed by atoms with Gasteiger partial charge in [0.25, 0.3) is 0 Å². The number of nitrogen functional groups attached to an aromatic ring is 1. The molecule has 0 bridgehead atoms. The molecule has 1 aromatic carbocycles. The van der Waals surface area contributed by atoms with Gasteiger partial charge in [-0.1, -0.05) is 11.6 Å². The zero-order valence-corrected chi connectivity index (χ0v) is 17.2. The maximum atomic E-state index is 10.00. The summed E-state index contributed by atoms with van der Waals surface area (Å²) in [5.41, 5.74) is 8.05. The molecule has 0 saturated carbocycles. The molecule has 3 aromatic rings. The zero-order chi connectivity index (χ0) is 20.5. The number of aliphatic hydroxyl groups is 1. The van der Waals surface area contributed by atoms with Crippen LogP contribution in [0.5, 0.6) is 0 Å². The van der Waals surface area contributed by atoms with Crippen molar-refractivity contribution in [3.8, 4) is 0 Å². The van der Waals surface area contributed by atoms with Crippen LogP contribution in [0.4, 0.5) is 17.5 Å². The van der Waals surface area contributed by atoms with Crippen LogP contribution in [0.25, 0.3) is 11.2 Å². The minimum Gasteiger partial charge on any atom is -0.398 e. The summed E-state index contributed by atoms with van der Waals surface area (Å²) < 4.78 is 1.98. The molecule has 8 nitrogen and oxygen atoms in total. The minimum absolute atomic E-state index is 0.193. The zero-order valence-electron chi connectivity index (χ0n) is 16.5. The molecule has 2 heterocycles. The number of rotatable bonds is 7. The SMILES string of the molecule is CC(C)n1cnc2c(NCc3cc(Cl)ccc3N)nc(NCC(C)(C)O)nc21. The van der Waals surface area contributed by atoms with E-state index in [9.17, 15) is 5.11 Å². The highest BCUT2D eigenvalue weighted by Crippen LogP contribution is 2.25. The van der Waals surface area contributed by atoms with Gasteiger partial charge in [-0.05, 0) is 51.5 Å². The summed E-state index contributed by atoms with van der Waals surface area (Å²) in [6, 6.07) is 5.55. The van der Waals surface area contributed by atoms with E-state index in [1.807, 2.05) is 10.6 Å². The maximum Gasteiger partial charge on any atom is 0.226 e. The number of aromatic nitrogens is 4. The van der Waals surface area contributed by atoms with Crippen LogP contribution in [0.2, 0.25) is 5.02 Å². The van der Waals surface area contributed by atoms with Crippen LogP contribution in [-0.4, -0.2) is 36.8 Å². The summed E-state index contributed by atoms with van der Waals surface area (Å²) in [4.78, 5) is 13.6. The topological polar surface area (TPSA) is 114 Å². The van der Waals surface area contributed by atoms with Gasteiger partial charge < -0.3 is 26.0 Å². The van der Waals surface area contributed by atoms with Crippen molar-refractivity contribution >= 4 is 40.2 Å². The Hall–Kier alpha value is -2.58. The number of nitrogens with two attached hydrogens (primary N) is 1. The quantitative estimate of drug-likeness (QED) is 0.447. The monoisotopic (exact) mass is 403 g/mol. The van der Waals surface area contributed by atoms with Crippen LogP contribution >= 0.6 is 11.6 Å². The van der Waals surface area contributed by atoms with Crippen molar-refractivity contribution in [1.82, 2.24) is 19.5 Å². The summed E-state index contributed by atoms with van der Waals surface area (Å²) >= 11 is 6.08. The van der Waals surface area contributed by atoms with E-state index in [4.69, 9.17) is 17.3 Å². The van der Waals surface area contributed by atoms with Gasteiger partial charge in [0.15, 0.2) is 17.0 Å². The molecule has 28 heavy (non-hydrogen) atoms. The van der Waals surface area contributed by atoms with E-state index in [-0.39, 0.29) is 6.04 Å². The molecule has 0 amide bonds. The van der Waals surface area contributed by atoms with E-state index in [0.29, 0.717) is 46.7 Å². The Balaban J connectivity index is 1.95. The lowest BCUT2D eigenvalue weighted by molar-refractivity contribution is 0.0943. The van der Waals surface area contributed by atoms with Crippen LogP contribution in [0, 0.1) is 0 Å². The maximum absolute atomic E-state index is 10.00. The second-order valence-corrected chi connectivity index (χ2v) is 8.11. The summed E-state index contributed by atoms with van der Waals surface area (Å²) in [5.74, 6) is 1.00. The standard InChI is InChI=1S/C19H26ClN7O/c1-11(2)27-10-24-15-16(22-8-12-7-13(20)5-6-14(12)21)25-18(26-17(15)27)23-9-19(3,4)28/h5-7,10-11,28H,8-9,21H2,1-4H3,(H2,22,23,25,26). The van der Waals surface area contributed by atoms with E-state index in [2.05, 4.69) is 39.4 Å². The molecule has 0 radical (unpaired) electrons. The molecule has 0 aliphatic heterocycles. The van der Waals surface area contributed by atoms with Crippen molar-refractivity contribution in [2.45, 2.75) is 45.9 Å². The Morgan fingerprint density at radius 1 is 1.25 bits per heavy atom. The van der Waals surface area contributed by atoms with Crippen molar-refractivity contribution in [1.29, 1.82) is 0 Å². The Morgan fingerprint density at radius 3 is 2.68 bits per heavy atom. The van der Waals surface area contributed by atoms with E-state index in [1.165, 1.54) is 0 Å². The average Bonchev–Trinajstić information content (AvgIpc) is 3.04. The number of fused-ring (bicyclic) bond motifs is 1. The van der Waals surface area contributed by atoms with Crippen molar-refractivity contribution in [2.75, 3.05) is 22.9 Å². The van der Waals surface area contributed by atoms with Gasteiger partial charge in [-0.15, -0.1) is 0 Å². The van der Waals surface area contributed by atoms with Gasteiger partial charge in [-0.2, -0.15) is 9.97 Å². The fraction of sp³-hybridized carbons (Fsp3) is 0.421. The number of nitrogens with zero attached hydrogens (tertiary/aromatic N) is 4. The van der Waals surface area contributed by atoms with Gasteiger partial charge in [0.1, 0.15) is 0 Å². The molecule has 0 spiro atoms. The van der Waals surface area contributed by atoms with Crippen LogP contribution in [0.1, 0.15) is 39.3 Å². The third kappa shape index (κ3) is 4.63. The molecule has 0 atom stereocenters. The molecule has 2 aromatic heterocycles. The number of benzene rings is 1. The number of imidazole rings is 1. The summed E-state index contributed by atoms with van der Waals surface area (Å²) in [6.07, 6.45) is 1.75. The molecule has 0 unspecified atom stereocenters. The molecule has 0 fully saturated rings. The molecule has 0 saturated heterocycles. The number of hydrogen-bond acceptors (Lipinski definition) is 7. The lowest BCUT2D eigenvalue weighted by Crippen LogP contribution is -2.30. The van der Waals surface area contributed by atoms with Gasteiger partial charge in [0, 0.05) is 29.8 Å². The molecule has 150 valence electrons. The van der Waals surface area contributed by atoms with Crippen molar-refractivity contribution in [3.63, 3.8) is 0 Å². The van der Waals surface area contributed by atoms with Gasteiger partial charge in [0.2, 0.25) is 5.95 Å². The van der Waals surface area contributed by atoms with Crippen LogP contribution < -0.4 is 16.4 Å². The third-order valence-electron chi connectivity index (χ3n) is 4.21. The number of nitrogens with one attached hydrogen (secondary N) is 2. The predicted molar refractivity (Wildman–Crippen MR) is 114 cm³/mol. The fourth-order valence-electron chi connectivity index (χ4n) is 2.70. The van der Waals surface area contributed by atoms with Crippen LogP contribution in [0.15, 0.2) is 24.5 Å². The second kappa shape index (κ2) is 7.81. The third-order valence-corrected chi connectivity index (χ3v) is 4.44. The molecule has 0 aliphatic rings. The first-order valence-corrected chi connectivity index (χ1v) is 9.50. The van der Waals surface area contributed by atoms with Gasteiger partial charge in [-0.3, -0.25) is 0 Å². The number of anilines is 3. The van der Waals surface area contributed by atoms with Gasteiger partial charge >= 0.3 is 0 Å². The Kier molecular flexibility index (Phi) is 5.62. The van der Waals surface area contributed by atoms with E-state index in [1.54, 1.807) is 32.3 Å². The highest BCUT2D eigenvalue weighted by molar-refractivity contribution is 6.30. The fourth-order valence-corrected chi connectivity index (χ4v) is 2.89. The lowest BCUT2D eigenvalue weighted by atomic mass is 10.1. The molecular weight excluding hydrogens is 378 g/mol. The van der Waals surface area contributed by atoms with Crippen LogP contribution in [-0.2, 0) is 6.54 Å². The van der Waals surface area contributed by atoms with E-state index in [0.717, 1.165) is 5.56 Å². The summed E-state index contributed by atoms with van der Waals surface area (Å²) in [7, 11) is 0. The largest absolute Gasteiger partial charge is 0.398 e. The molecule has 5 N–H and O–H groups in total. The second-order valence-electron chi connectivity index (χ2n) is 7.68. The van der Waals surface area contributed by atoms with Gasteiger partial charge in [0.05, 0.1) is 11.9 Å². The molecule has 3 rings (SSSR count). The van der Waals surface area contributed by atoms with Crippen molar-refractivity contribution < 1.29 is 5.11 Å². The first kappa shape index (κ1) is 20.2. The van der Waals surface area contributed by atoms with E-state index < -0.39 is 5.60 Å². The first-order chi connectivity index (χ1) is 13.1. The Morgan fingerprint density at radius 2 is 2.00 bits per heavy atom. The molecule has 9 heteroatoms. The first-order valence-electron chi connectivity index (χ1n) is 9.12. The van der Waals surface area contributed by atoms with Crippen LogP contribution in [0.3, 0.4) is 0 Å². The van der Waals surface area contributed by atoms with Crippen molar-refractivity contribution in [3.05, 3.63) is 35.1 Å². The Bertz CT molecular complexity index is 978. The molecular formula is C19H26ClN7O.